The number of nitrogen functional groups attached to an aromatic ring is 1. The third kappa shape index (κ3) is 3.46. The topological polar surface area (TPSA) is 63.4 Å². The molecular formula is C13H20N2O2S. The van der Waals surface area contributed by atoms with Crippen molar-refractivity contribution < 1.29 is 8.42 Å². The number of benzene rings is 1. The smallest absolute Gasteiger partial charge is 0.211 e. The normalized spacial score (nSPS) is 18.9. The van der Waals surface area contributed by atoms with E-state index in [-0.39, 0.29) is 0 Å². The molecule has 18 heavy (non-hydrogen) atoms. The molecule has 1 aliphatic rings. The largest absolute Gasteiger partial charge is 0.399 e. The van der Waals surface area contributed by atoms with Crippen LogP contribution in [-0.4, -0.2) is 32.1 Å². The third-order valence-electron chi connectivity index (χ3n) is 3.55. The van der Waals surface area contributed by atoms with Crippen LogP contribution in [0.4, 0.5) is 5.69 Å². The lowest BCUT2D eigenvalue weighted by atomic mass is 9.91. The standard InChI is InChI=1S/C13H20N2O2S/c1-18(16,17)15-8-6-12(7-9-15)10-11-2-4-13(14)5-3-11/h2-5,12H,6-10,14H2,1H3. The Labute approximate surface area is 109 Å². The highest BCUT2D eigenvalue weighted by Crippen LogP contribution is 2.23. The maximum atomic E-state index is 11.4. The maximum absolute atomic E-state index is 11.4. The predicted octanol–water partition coefficient (Wildman–Crippen LogP) is 1.48. The van der Waals surface area contributed by atoms with Crippen molar-refractivity contribution in [1.29, 1.82) is 0 Å². The summed E-state index contributed by atoms with van der Waals surface area (Å²) in [6.45, 7) is 1.30. The van der Waals surface area contributed by atoms with Gasteiger partial charge in [0.25, 0.3) is 0 Å². The van der Waals surface area contributed by atoms with Gasteiger partial charge in [-0.1, -0.05) is 12.1 Å². The number of anilines is 1. The van der Waals surface area contributed by atoms with E-state index in [9.17, 15) is 8.42 Å². The van der Waals surface area contributed by atoms with Crippen LogP contribution in [0.15, 0.2) is 24.3 Å². The van der Waals surface area contributed by atoms with Crippen molar-refractivity contribution in [2.24, 2.45) is 5.92 Å². The van der Waals surface area contributed by atoms with Crippen molar-refractivity contribution in [3.8, 4) is 0 Å². The summed E-state index contributed by atoms with van der Waals surface area (Å²) in [5.74, 6) is 0.576. The van der Waals surface area contributed by atoms with Gasteiger partial charge in [-0.3, -0.25) is 0 Å². The Hall–Kier alpha value is -1.07. The molecule has 0 atom stereocenters. The lowest BCUT2D eigenvalue weighted by Crippen LogP contribution is -2.38. The molecule has 1 aromatic carbocycles. The molecule has 100 valence electrons. The van der Waals surface area contributed by atoms with Gasteiger partial charge >= 0.3 is 0 Å². The molecule has 2 N–H and O–H groups in total. The maximum Gasteiger partial charge on any atom is 0.211 e. The average molecular weight is 268 g/mol. The van der Waals surface area contributed by atoms with E-state index in [4.69, 9.17) is 5.73 Å². The highest BCUT2D eigenvalue weighted by atomic mass is 32.2. The second-order valence-electron chi connectivity index (χ2n) is 5.05. The fraction of sp³-hybridized carbons (Fsp3) is 0.538. The summed E-state index contributed by atoms with van der Waals surface area (Å²) >= 11 is 0. The molecule has 1 aliphatic heterocycles. The van der Waals surface area contributed by atoms with Gasteiger partial charge in [0.05, 0.1) is 6.26 Å². The Morgan fingerprint density at radius 3 is 2.28 bits per heavy atom. The number of hydrogen-bond donors (Lipinski definition) is 1. The zero-order chi connectivity index (χ0) is 13.2. The van der Waals surface area contributed by atoms with Crippen LogP contribution >= 0.6 is 0 Å². The third-order valence-corrected chi connectivity index (χ3v) is 4.85. The first-order chi connectivity index (χ1) is 8.45. The van der Waals surface area contributed by atoms with Crippen molar-refractivity contribution in [3.05, 3.63) is 29.8 Å². The molecule has 1 fully saturated rings. The summed E-state index contributed by atoms with van der Waals surface area (Å²) < 4.78 is 24.4. The van der Waals surface area contributed by atoms with Crippen molar-refractivity contribution in [2.45, 2.75) is 19.3 Å². The van der Waals surface area contributed by atoms with Gasteiger partial charge in [0.1, 0.15) is 0 Å². The molecule has 0 spiro atoms. The highest BCUT2D eigenvalue weighted by Gasteiger charge is 2.24. The van der Waals surface area contributed by atoms with E-state index in [1.807, 2.05) is 12.1 Å². The van der Waals surface area contributed by atoms with Crippen molar-refractivity contribution in [3.63, 3.8) is 0 Å². The van der Waals surface area contributed by atoms with Crippen LogP contribution < -0.4 is 5.73 Å². The van der Waals surface area contributed by atoms with E-state index in [1.165, 1.54) is 11.8 Å². The molecule has 5 heteroatoms. The van der Waals surface area contributed by atoms with Gasteiger partial charge in [0.15, 0.2) is 0 Å². The van der Waals surface area contributed by atoms with E-state index in [0.717, 1.165) is 24.9 Å². The van der Waals surface area contributed by atoms with E-state index in [1.54, 1.807) is 4.31 Å². The molecule has 0 unspecified atom stereocenters. The average Bonchev–Trinajstić information content (AvgIpc) is 2.32. The first-order valence-corrected chi connectivity index (χ1v) is 8.09. The monoisotopic (exact) mass is 268 g/mol. The lowest BCUT2D eigenvalue weighted by molar-refractivity contribution is 0.274. The van der Waals surface area contributed by atoms with E-state index < -0.39 is 10.0 Å². The summed E-state index contributed by atoms with van der Waals surface area (Å²) in [5.41, 5.74) is 7.72. The highest BCUT2D eigenvalue weighted by molar-refractivity contribution is 7.88. The molecule has 2 rings (SSSR count). The number of rotatable bonds is 3. The zero-order valence-electron chi connectivity index (χ0n) is 10.7. The molecule has 0 saturated carbocycles. The summed E-state index contributed by atoms with van der Waals surface area (Å²) in [7, 11) is -3.01. The number of nitrogens with two attached hydrogens (primary N) is 1. The minimum absolute atomic E-state index is 0.576. The summed E-state index contributed by atoms with van der Waals surface area (Å²) in [6.07, 6.45) is 4.18. The van der Waals surface area contributed by atoms with Gasteiger partial charge in [-0.05, 0) is 42.9 Å². The van der Waals surface area contributed by atoms with E-state index in [2.05, 4.69) is 12.1 Å². The second-order valence-corrected chi connectivity index (χ2v) is 7.03. The number of sulfonamides is 1. The first kappa shape index (κ1) is 13.4. The number of piperidine rings is 1. The van der Waals surface area contributed by atoms with Crippen molar-refractivity contribution in [1.82, 2.24) is 4.31 Å². The molecule has 0 bridgehead atoms. The number of hydrogen-bond acceptors (Lipinski definition) is 3. The fourth-order valence-corrected chi connectivity index (χ4v) is 3.31. The van der Waals surface area contributed by atoms with Gasteiger partial charge < -0.3 is 5.73 Å². The Kier molecular flexibility index (Phi) is 3.92. The molecule has 1 aromatic rings. The summed E-state index contributed by atoms with van der Waals surface area (Å²) in [5, 5.41) is 0. The number of nitrogens with zero attached hydrogens (tertiary/aromatic N) is 1. The first-order valence-electron chi connectivity index (χ1n) is 6.24. The quantitative estimate of drug-likeness (QED) is 0.845. The van der Waals surface area contributed by atoms with Crippen LogP contribution in [0, 0.1) is 5.92 Å². The van der Waals surface area contributed by atoms with Crippen LogP contribution in [0.3, 0.4) is 0 Å². The Morgan fingerprint density at radius 1 is 1.22 bits per heavy atom. The lowest BCUT2D eigenvalue weighted by Gasteiger charge is -2.30. The molecule has 1 saturated heterocycles. The molecule has 0 aliphatic carbocycles. The van der Waals surface area contributed by atoms with Crippen LogP contribution in [0.2, 0.25) is 0 Å². The summed E-state index contributed by atoms with van der Waals surface area (Å²) in [4.78, 5) is 0. The fourth-order valence-electron chi connectivity index (χ4n) is 2.43. The Bertz CT molecular complexity index is 488. The summed E-state index contributed by atoms with van der Waals surface area (Å²) in [6, 6.07) is 7.94. The molecule has 0 aromatic heterocycles. The Morgan fingerprint density at radius 2 is 1.78 bits per heavy atom. The van der Waals surface area contributed by atoms with E-state index >= 15 is 0 Å². The van der Waals surface area contributed by atoms with E-state index in [0.29, 0.717) is 19.0 Å². The minimum atomic E-state index is -3.01. The predicted molar refractivity (Wildman–Crippen MR) is 73.7 cm³/mol. The molecule has 0 radical (unpaired) electrons. The minimum Gasteiger partial charge on any atom is -0.399 e. The van der Waals surface area contributed by atoms with Gasteiger partial charge in [-0.2, -0.15) is 0 Å². The van der Waals surface area contributed by atoms with Crippen LogP contribution in [-0.2, 0) is 16.4 Å². The van der Waals surface area contributed by atoms with Crippen molar-refractivity contribution >= 4 is 15.7 Å². The molecule has 0 amide bonds. The SMILES string of the molecule is CS(=O)(=O)N1CCC(Cc2ccc(N)cc2)CC1. The van der Waals surface area contributed by atoms with Gasteiger partial charge in [-0.15, -0.1) is 0 Å². The van der Waals surface area contributed by atoms with Crippen LogP contribution in [0.25, 0.3) is 0 Å². The molecule has 1 heterocycles. The van der Waals surface area contributed by atoms with Gasteiger partial charge in [0, 0.05) is 18.8 Å². The second kappa shape index (κ2) is 5.28. The molecular weight excluding hydrogens is 248 g/mol. The van der Waals surface area contributed by atoms with Crippen LogP contribution in [0.1, 0.15) is 18.4 Å². The van der Waals surface area contributed by atoms with Crippen LogP contribution in [0.5, 0.6) is 0 Å². The molecule has 4 nitrogen and oxygen atoms in total. The van der Waals surface area contributed by atoms with Gasteiger partial charge in [-0.25, -0.2) is 12.7 Å². The van der Waals surface area contributed by atoms with Gasteiger partial charge in [0.2, 0.25) is 10.0 Å². The Balaban J connectivity index is 1.89. The van der Waals surface area contributed by atoms with Crippen molar-refractivity contribution in [2.75, 3.05) is 25.1 Å². The zero-order valence-corrected chi connectivity index (χ0v) is 11.5.